The summed E-state index contributed by atoms with van der Waals surface area (Å²) >= 11 is 0. The van der Waals surface area contributed by atoms with E-state index >= 15 is 0 Å². The Kier molecular flexibility index (Phi) is 4.55. The van der Waals surface area contributed by atoms with E-state index in [-0.39, 0.29) is 34.0 Å². The van der Waals surface area contributed by atoms with E-state index in [1.54, 1.807) is 0 Å². The van der Waals surface area contributed by atoms with Gasteiger partial charge in [0.2, 0.25) is 5.76 Å². The number of hydrogen-bond acceptors (Lipinski definition) is 5. The van der Waals surface area contributed by atoms with Crippen LogP contribution >= 0.6 is 0 Å². The third-order valence-corrected chi connectivity index (χ3v) is 9.60. The highest BCUT2D eigenvalue weighted by Crippen LogP contribution is 2.71. The maximum atomic E-state index is 12.7. The molecule has 1 heterocycles. The van der Waals surface area contributed by atoms with E-state index in [1.165, 1.54) is 6.92 Å². The monoisotopic (exact) mass is 404 g/mol. The molecule has 0 aromatic rings. The van der Waals surface area contributed by atoms with Gasteiger partial charge in [-0.3, -0.25) is 4.79 Å². The number of fused-ring (bicyclic) bond motifs is 4. The molecule has 0 saturated heterocycles. The molecule has 0 aromatic heterocycles. The van der Waals surface area contributed by atoms with E-state index in [9.17, 15) is 14.7 Å². The summed E-state index contributed by atoms with van der Waals surface area (Å²) in [6.45, 7) is 12.6. The minimum Gasteiger partial charge on any atom is -0.448 e. The Morgan fingerprint density at radius 1 is 1.10 bits per heavy atom. The highest BCUT2D eigenvalue weighted by atomic mass is 16.6. The lowest BCUT2D eigenvalue weighted by atomic mass is 9.37. The highest BCUT2D eigenvalue weighted by Gasteiger charge is 2.70. The number of carbonyl (C=O) groups excluding carboxylic acids is 2. The number of aliphatic hydroxyl groups is 1. The molecule has 3 aliphatic carbocycles. The number of carbonyl (C=O) groups is 2. The molecule has 7 atom stereocenters. The van der Waals surface area contributed by atoms with Crippen molar-refractivity contribution < 1.29 is 24.2 Å². The van der Waals surface area contributed by atoms with Gasteiger partial charge in [0, 0.05) is 24.3 Å². The van der Waals surface area contributed by atoms with Gasteiger partial charge < -0.3 is 14.6 Å². The summed E-state index contributed by atoms with van der Waals surface area (Å²) in [6, 6.07) is 0. The van der Waals surface area contributed by atoms with E-state index in [0.29, 0.717) is 11.8 Å². The van der Waals surface area contributed by atoms with Crippen LogP contribution in [0.15, 0.2) is 11.8 Å². The number of hydrogen-bond donors (Lipinski definition) is 1. The van der Waals surface area contributed by atoms with Crippen molar-refractivity contribution in [1.29, 1.82) is 0 Å². The van der Waals surface area contributed by atoms with Crippen molar-refractivity contribution in [1.82, 2.24) is 0 Å². The first-order chi connectivity index (χ1) is 13.4. The highest BCUT2D eigenvalue weighted by molar-refractivity contribution is 5.92. The predicted octanol–water partition coefficient (Wildman–Crippen LogP) is 4.38. The third-order valence-electron chi connectivity index (χ3n) is 9.60. The summed E-state index contributed by atoms with van der Waals surface area (Å²) in [5.74, 6) is 0.0458. The van der Waals surface area contributed by atoms with Crippen molar-refractivity contribution in [2.75, 3.05) is 0 Å². The molecule has 4 rings (SSSR count). The minimum atomic E-state index is -0.730. The molecule has 3 saturated carbocycles. The molecule has 7 unspecified atom stereocenters. The second-order valence-electron chi connectivity index (χ2n) is 11.2. The van der Waals surface area contributed by atoms with Crippen LogP contribution in [0.1, 0.15) is 80.1 Å². The van der Waals surface area contributed by atoms with Crippen molar-refractivity contribution in [3.05, 3.63) is 11.8 Å². The molecule has 4 aliphatic rings. The Balaban J connectivity index is 1.78. The van der Waals surface area contributed by atoms with Gasteiger partial charge in [-0.2, -0.15) is 0 Å². The van der Waals surface area contributed by atoms with Crippen LogP contribution in [0.3, 0.4) is 0 Å². The molecular formula is C24H36O5. The number of aliphatic hydroxyl groups excluding tert-OH is 1. The molecule has 162 valence electrons. The first-order valence-electron chi connectivity index (χ1n) is 11.2. The summed E-state index contributed by atoms with van der Waals surface area (Å²) in [4.78, 5) is 24.2. The number of ether oxygens (including phenoxy) is 2. The predicted molar refractivity (Wildman–Crippen MR) is 109 cm³/mol. The second-order valence-corrected chi connectivity index (χ2v) is 11.2. The van der Waals surface area contributed by atoms with E-state index in [4.69, 9.17) is 9.47 Å². The fourth-order valence-electron chi connectivity index (χ4n) is 8.09. The van der Waals surface area contributed by atoms with Crippen LogP contribution < -0.4 is 0 Å². The first kappa shape index (κ1) is 20.9. The first-order valence-corrected chi connectivity index (χ1v) is 11.2. The largest absolute Gasteiger partial charge is 0.448 e. The molecule has 1 N–H and O–H groups in total. The third kappa shape index (κ3) is 2.62. The van der Waals surface area contributed by atoms with Crippen molar-refractivity contribution in [2.45, 2.75) is 91.8 Å². The fraction of sp³-hybridized carbons (Fsp3) is 0.833. The van der Waals surface area contributed by atoms with Gasteiger partial charge in [-0.25, -0.2) is 4.79 Å². The normalized spacial score (nSPS) is 48.4. The smallest absolute Gasteiger partial charge is 0.375 e. The van der Waals surface area contributed by atoms with Crippen molar-refractivity contribution in [2.24, 2.45) is 34.0 Å². The Labute approximate surface area is 174 Å². The molecule has 0 amide bonds. The average Bonchev–Trinajstić information content (AvgIpc) is 2.94. The van der Waals surface area contributed by atoms with Crippen LogP contribution in [0.2, 0.25) is 0 Å². The molecule has 29 heavy (non-hydrogen) atoms. The Hall–Kier alpha value is -1.36. The van der Waals surface area contributed by atoms with Crippen molar-refractivity contribution in [3.8, 4) is 0 Å². The molecule has 5 heteroatoms. The van der Waals surface area contributed by atoms with Crippen molar-refractivity contribution in [3.63, 3.8) is 0 Å². The SMILES string of the molecule is CC(=O)OC1=CC2(OC1=O)C(C)CCC1C3(C)CCC(O)C(C)(C)C3CCC12C. The van der Waals surface area contributed by atoms with E-state index in [1.807, 2.05) is 6.08 Å². The second kappa shape index (κ2) is 6.32. The maximum absolute atomic E-state index is 12.7. The van der Waals surface area contributed by atoms with Gasteiger partial charge in [0.15, 0.2) is 0 Å². The summed E-state index contributed by atoms with van der Waals surface area (Å²) in [5, 5.41) is 10.7. The fourth-order valence-corrected chi connectivity index (χ4v) is 8.09. The lowest BCUT2D eigenvalue weighted by molar-refractivity contribution is -0.241. The van der Waals surface area contributed by atoms with Crippen LogP contribution in [0.25, 0.3) is 0 Å². The van der Waals surface area contributed by atoms with Crippen LogP contribution in [0.4, 0.5) is 0 Å². The topological polar surface area (TPSA) is 72.8 Å². The number of esters is 2. The van der Waals surface area contributed by atoms with Gasteiger partial charge >= 0.3 is 11.9 Å². The lowest BCUT2D eigenvalue weighted by Gasteiger charge is -2.68. The van der Waals surface area contributed by atoms with Gasteiger partial charge in [0.25, 0.3) is 0 Å². The van der Waals surface area contributed by atoms with E-state index in [0.717, 1.165) is 38.5 Å². The molecule has 1 aliphatic heterocycles. The molecule has 0 bridgehead atoms. The van der Waals surface area contributed by atoms with Crippen LogP contribution in [0, 0.1) is 34.0 Å². The van der Waals surface area contributed by atoms with Crippen LogP contribution in [-0.2, 0) is 19.1 Å². The van der Waals surface area contributed by atoms with Crippen LogP contribution in [-0.4, -0.2) is 28.8 Å². The summed E-state index contributed by atoms with van der Waals surface area (Å²) in [5.41, 5.74) is -0.971. The minimum absolute atomic E-state index is 0.0536. The van der Waals surface area contributed by atoms with E-state index < -0.39 is 17.5 Å². The molecule has 0 aromatic carbocycles. The maximum Gasteiger partial charge on any atom is 0.375 e. The van der Waals surface area contributed by atoms with Gasteiger partial charge in [-0.15, -0.1) is 0 Å². The molecule has 1 spiro atoms. The molecule has 0 radical (unpaired) electrons. The zero-order chi connectivity index (χ0) is 21.4. The Bertz CT molecular complexity index is 769. The summed E-state index contributed by atoms with van der Waals surface area (Å²) in [6.07, 6.45) is 7.42. The average molecular weight is 405 g/mol. The Morgan fingerprint density at radius 2 is 1.79 bits per heavy atom. The van der Waals surface area contributed by atoms with E-state index in [2.05, 4.69) is 34.6 Å². The zero-order valence-corrected chi connectivity index (χ0v) is 18.7. The molecule has 3 fully saturated rings. The number of rotatable bonds is 1. The Morgan fingerprint density at radius 3 is 2.45 bits per heavy atom. The molecule has 5 nitrogen and oxygen atoms in total. The quantitative estimate of drug-likeness (QED) is 0.657. The van der Waals surface area contributed by atoms with Gasteiger partial charge in [-0.1, -0.05) is 34.6 Å². The van der Waals surface area contributed by atoms with Crippen molar-refractivity contribution >= 4 is 11.9 Å². The van der Waals surface area contributed by atoms with Crippen LogP contribution in [0.5, 0.6) is 0 Å². The standard InChI is InChI=1S/C24H36O5/c1-14-7-8-18-22(5)11-10-19(26)21(3,4)17(22)9-12-23(18,6)24(14)13-16(20(27)29-24)28-15(2)25/h13-14,17-19,26H,7-12H2,1-6H3. The van der Waals surface area contributed by atoms with Gasteiger partial charge in [0.05, 0.1) is 6.10 Å². The van der Waals surface area contributed by atoms with Gasteiger partial charge in [-0.05, 0) is 61.2 Å². The summed E-state index contributed by atoms with van der Waals surface area (Å²) in [7, 11) is 0. The summed E-state index contributed by atoms with van der Waals surface area (Å²) < 4.78 is 11.3. The molecular weight excluding hydrogens is 368 g/mol. The lowest BCUT2D eigenvalue weighted by Crippen LogP contribution is -2.67. The zero-order valence-electron chi connectivity index (χ0n) is 18.7. The van der Waals surface area contributed by atoms with Gasteiger partial charge in [0.1, 0.15) is 5.60 Å².